The highest BCUT2D eigenvalue weighted by Crippen LogP contribution is 2.29. The molecule has 42 heavy (non-hydrogen) atoms. The molecular formula is C35H42O7. The summed E-state index contributed by atoms with van der Waals surface area (Å²) in [4.78, 5) is 50.5. The highest BCUT2D eigenvalue weighted by Gasteiger charge is 2.34. The number of rotatable bonds is 17. The number of ketones is 3. The fourth-order valence-corrected chi connectivity index (χ4v) is 5.10. The van der Waals surface area contributed by atoms with Crippen LogP contribution in [-0.2, 0) is 28.6 Å². The molecule has 2 aromatic rings. The SMILES string of the molecule is COC1=C(OC)C(=O)C(CCCCCCCCCCOC(=O)C(C)c2cccc(C(=O)c3ccccc3)c2)=C(C)C1=O. The van der Waals surface area contributed by atoms with Crippen LogP contribution in [0.1, 0.15) is 99.0 Å². The average molecular weight is 575 g/mol. The normalized spacial score (nSPS) is 14.2. The summed E-state index contributed by atoms with van der Waals surface area (Å²) in [5.74, 6) is -1.37. The summed E-state index contributed by atoms with van der Waals surface area (Å²) in [5.41, 5.74) is 2.91. The first-order valence-electron chi connectivity index (χ1n) is 14.8. The van der Waals surface area contributed by atoms with Gasteiger partial charge >= 0.3 is 5.97 Å². The second-order valence-corrected chi connectivity index (χ2v) is 10.6. The van der Waals surface area contributed by atoms with Gasteiger partial charge < -0.3 is 14.2 Å². The molecule has 0 bridgehead atoms. The topological polar surface area (TPSA) is 96.0 Å². The third-order valence-electron chi connectivity index (χ3n) is 7.70. The van der Waals surface area contributed by atoms with Gasteiger partial charge in [0.05, 0.1) is 26.7 Å². The number of methoxy groups -OCH3 is 2. The molecule has 0 saturated carbocycles. The fourth-order valence-electron chi connectivity index (χ4n) is 5.10. The van der Waals surface area contributed by atoms with Gasteiger partial charge in [0, 0.05) is 22.3 Å². The molecule has 0 aliphatic heterocycles. The van der Waals surface area contributed by atoms with Gasteiger partial charge in [-0.05, 0) is 44.7 Å². The number of allylic oxidation sites excluding steroid dienone is 2. The lowest BCUT2D eigenvalue weighted by Gasteiger charge is -2.20. The van der Waals surface area contributed by atoms with Crippen molar-refractivity contribution < 1.29 is 33.4 Å². The Morgan fingerprint density at radius 2 is 1.29 bits per heavy atom. The summed E-state index contributed by atoms with van der Waals surface area (Å²) < 4.78 is 15.7. The summed E-state index contributed by atoms with van der Waals surface area (Å²) in [6, 6.07) is 16.3. The molecule has 1 aliphatic carbocycles. The summed E-state index contributed by atoms with van der Waals surface area (Å²) >= 11 is 0. The Morgan fingerprint density at radius 1 is 0.714 bits per heavy atom. The van der Waals surface area contributed by atoms with Crippen LogP contribution in [-0.4, -0.2) is 44.1 Å². The first kappa shape index (κ1) is 32.5. The van der Waals surface area contributed by atoms with E-state index in [0.717, 1.165) is 56.9 Å². The van der Waals surface area contributed by atoms with E-state index in [2.05, 4.69) is 0 Å². The van der Waals surface area contributed by atoms with Crippen molar-refractivity contribution in [1.29, 1.82) is 0 Å². The van der Waals surface area contributed by atoms with Crippen LogP contribution in [0.2, 0.25) is 0 Å². The molecule has 1 unspecified atom stereocenters. The number of hydrogen-bond donors (Lipinski definition) is 0. The van der Waals surface area contributed by atoms with Crippen molar-refractivity contribution in [2.24, 2.45) is 0 Å². The molecule has 7 nitrogen and oxygen atoms in total. The highest BCUT2D eigenvalue weighted by molar-refractivity contribution is 6.23. The van der Waals surface area contributed by atoms with Gasteiger partial charge in [-0.15, -0.1) is 0 Å². The van der Waals surface area contributed by atoms with Gasteiger partial charge in [-0.1, -0.05) is 87.1 Å². The van der Waals surface area contributed by atoms with Crippen molar-refractivity contribution in [3.8, 4) is 0 Å². The third-order valence-corrected chi connectivity index (χ3v) is 7.70. The van der Waals surface area contributed by atoms with E-state index in [0.29, 0.717) is 35.3 Å². The van der Waals surface area contributed by atoms with Crippen LogP contribution in [0.4, 0.5) is 0 Å². The van der Waals surface area contributed by atoms with E-state index in [9.17, 15) is 19.2 Å². The minimum atomic E-state index is -0.450. The van der Waals surface area contributed by atoms with E-state index in [1.54, 1.807) is 44.2 Å². The van der Waals surface area contributed by atoms with Crippen molar-refractivity contribution in [1.82, 2.24) is 0 Å². The van der Waals surface area contributed by atoms with E-state index < -0.39 is 5.92 Å². The Morgan fingerprint density at radius 3 is 1.93 bits per heavy atom. The molecule has 0 amide bonds. The molecule has 0 N–H and O–H groups in total. The monoisotopic (exact) mass is 574 g/mol. The number of hydrogen-bond acceptors (Lipinski definition) is 7. The zero-order valence-corrected chi connectivity index (χ0v) is 25.2. The van der Waals surface area contributed by atoms with Crippen LogP contribution in [0, 0.1) is 0 Å². The van der Waals surface area contributed by atoms with Gasteiger partial charge in [0.15, 0.2) is 5.78 Å². The van der Waals surface area contributed by atoms with Gasteiger partial charge in [-0.3, -0.25) is 19.2 Å². The van der Waals surface area contributed by atoms with Crippen molar-refractivity contribution in [2.75, 3.05) is 20.8 Å². The molecule has 0 heterocycles. The first-order valence-corrected chi connectivity index (χ1v) is 14.8. The summed E-state index contributed by atoms with van der Waals surface area (Å²) in [5, 5.41) is 0. The predicted octanol–water partition coefficient (Wildman–Crippen LogP) is 7.05. The van der Waals surface area contributed by atoms with Crippen molar-refractivity contribution in [3.63, 3.8) is 0 Å². The maximum Gasteiger partial charge on any atom is 0.313 e. The molecule has 0 spiro atoms. The number of Topliss-reactive ketones (excluding diaryl/α,β-unsaturated/α-hetero) is 2. The molecule has 0 radical (unpaired) electrons. The Bertz CT molecular complexity index is 1320. The van der Waals surface area contributed by atoms with E-state index in [1.807, 2.05) is 24.3 Å². The molecule has 3 rings (SSSR count). The van der Waals surface area contributed by atoms with Gasteiger partial charge in [0.1, 0.15) is 0 Å². The first-order chi connectivity index (χ1) is 20.3. The molecule has 224 valence electrons. The average Bonchev–Trinajstić information content (AvgIpc) is 3.02. The fraction of sp³-hybridized carbons (Fsp3) is 0.429. The Kier molecular flexibility index (Phi) is 12.7. The lowest BCUT2D eigenvalue weighted by molar-refractivity contribution is -0.145. The maximum atomic E-state index is 12.8. The number of carbonyl (C=O) groups excluding carboxylic acids is 4. The molecule has 1 atom stereocenters. The predicted molar refractivity (Wildman–Crippen MR) is 161 cm³/mol. The number of carbonyl (C=O) groups is 4. The summed E-state index contributed by atoms with van der Waals surface area (Å²) in [6.45, 7) is 3.86. The van der Waals surface area contributed by atoms with Gasteiger partial charge in [-0.2, -0.15) is 0 Å². The Labute approximate surface area is 248 Å². The van der Waals surface area contributed by atoms with Gasteiger partial charge in [-0.25, -0.2) is 0 Å². The van der Waals surface area contributed by atoms with Gasteiger partial charge in [0.25, 0.3) is 0 Å². The van der Waals surface area contributed by atoms with E-state index in [1.165, 1.54) is 14.2 Å². The van der Waals surface area contributed by atoms with Crippen LogP contribution in [0.25, 0.3) is 0 Å². The van der Waals surface area contributed by atoms with E-state index in [4.69, 9.17) is 14.2 Å². The second kappa shape index (κ2) is 16.4. The van der Waals surface area contributed by atoms with E-state index in [-0.39, 0.29) is 34.8 Å². The molecule has 2 aromatic carbocycles. The number of esters is 1. The molecule has 7 heteroatoms. The van der Waals surface area contributed by atoms with Crippen LogP contribution in [0.15, 0.2) is 77.3 Å². The standard InChI is InChI=1S/C35H42O7/c1-24(27-19-16-20-28(23-27)31(37)26-17-12-11-13-18-26)35(39)42-22-15-10-8-6-5-7-9-14-21-29-25(2)30(36)33(40-3)34(41-4)32(29)38/h11-13,16-20,23-24H,5-10,14-15,21-22H2,1-4H3. The summed E-state index contributed by atoms with van der Waals surface area (Å²) in [6.07, 6.45) is 8.48. The Hall–Kier alpha value is -4.00. The highest BCUT2D eigenvalue weighted by atomic mass is 16.5. The van der Waals surface area contributed by atoms with Crippen molar-refractivity contribution in [2.45, 2.75) is 77.6 Å². The molecular weight excluding hydrogens is 532 g/mol. The molecule has 0 aromatic heterocycles. The van der Waals surface area contributed by atoms with Crippen LogP contribution in [0.5, 0.6) is 0 Å². The lowest BCUT2D eigenvalue weighted by atomic mass is 9.89. The zero-order chi connectivity index (χ0) is 30.5. The van der Waals surface area contributed by atoms with Crippen molar-refractivity contribution in [3.05, 3.63) is 94.0 Å². The van der Waals surface area contributed by atoms with Gasteiger partial charge in [0.2, 0.25) is 23.1 Å². The van der Waals surface area contributed by atoms with Crippen LogP contribution >= 0.6 is 0 Å². The number of benzene rings is 2. The minimum absolute atomic E-state index is 0.00670. The summed E-state index contributed by atoms with van der Waals surface area (Å²) in [7, 11) is 2.74. The maximum absolute atomic E-state index is 12.8. The molecule has 0 saturated heterocycles. The lowest BCUT2D eigenvalue weighted by Crippen LogP contribution is -2.25. The third kappa shape index (κ3) is 8.51. The minimum Gasteiger partial charge on any atom is -0.489 e. The smallest absolute Gasteiger partial charge is 0.313 e. The molecule has 0 fully saturated rings. The van der Waals surface area contributed by atoms with E-state index >= 15 is 0 Å². The Balaban J connectivity index is 1.28. The van der Waals surface area contributed by atoms with Crippen LogP contribution < -0.4 is 0 Å². The second-order valence-electron chi connectivity index (χ2n) is 10.6. The number of unbranched alkanes of at least 4 members (excludes halogenated alkanes) is 7. The largest absolute Gasteiger partial charge is 0.489 e. The zero-order valence-electron chi connectivity index (χ0n) is 25.2. The van der Waals surface area contributed by atoms with Crippen molar-refractivity contribution >= 4 is 23.3 Å². The molecule has 1 aliphatic rings. The quantitative estimate of drug-likeness (QED) is 0.0865. The van der Waals surface area contributed by atoms with Crippen LogP contribution in [0.3, 0.4) is 0 Å². The number of ether oxygens (including phenoxy) is 3.